The van der Waals surface area contributed by atoms with Crippen LogP contribution < -0.4 is 15.4 Å². The zero-order valence-corrected chi connectivity index (χ0v) is 13.8. The maximum absolute atomic E-state index is 13.9. The molecule has 4 rings (SSSR count). The summed E-state index contributed by atoms with van der Waals surface area (Å²) in [6, 6.07) is 5.48. The molecule has 8 heteroatoms. The minimum Gasteiger partial charge on any atom is -0.378 e. The maximum Gasteiger partial charge on any atom is 0.252 e. The van der Waals surface area contributed by atoms with Crippen LogP contribution in [0.15, 0.2) is 29.1 Å². The smallest absolute Gasteiger partial charge is 0.252 e. The van der Waals surface area contributed by atoms with Crippen molar-refractivity contribution in [3.05, 3.63) is 51.8 Å². The summed E-state index contributed by atoms with van der Waals surface area (Å²) in [6.45, 7) is -4.98. The van der Waals surface area contributed by atoms with E-state index in [0.717, 1.165) is 11.0 Å². The van der Waals surface area contributed by atoms with Gasteiger partial charge < -0.3 is 19.5 Å². The van der Waals surface area contributed by atoms with Gasteiger partial charge in [0.15, 0.2) is 0 Å². The molecule has 0 spiro atoms. The highest BCUT2D eigenvalue weighted by Crippen LogP contribution is 2.30. The van der Waals surface area contributed by atoms with Crippen LogP contribution in [0.25, 0.3) is 0 Å². The summed E-state index contributed by atoms with van der Waals surface area (Å²) < 4.78 is 51.2. The molecule has 0 saturated carbocycles. The summed E-state index contributed by atoms with van der Waals surface area (Å²) in [5.74, 6) is -1.06. The number of fused-ring (bicyclic) bond motifs is 1. The molecular formula is C18H19FN4O3. The van der Waals surface area contributed by atoms with Gasteiger partial charge in [-0.05, 0) is 18.6 Å². The molecule has 2 aliphatic rings. The fourth-order valence-electron chi connectivity index (χ4n) is 3.07. The van der Waals surface area contributed by atoms with Crippen LogP contribution >= 0.6 is 0 Å². The number of nitrogens with one attached hydrogen (secondary N) is 1. The van der Waals surface area contributed by atoms with Crippen molar-refractivity contribution in [1.29, 1.82) is 0 Å². The number of benzene rings is 1. The van der Waals surface area contributed by atoms with Gasteiger partial charge in [0.2, 0.25) is 5.91 Å². The molecule has 26 heavy (non-hydrogen) atoms. The van der Waals surface area contributed by atoms with E-state index in [9.17, 15) is 14.0 Å². The number of halogens is 1. The average molecular weight is 362 g/mol. The van der Waals surface area contributed by atoms with Gasteiger partial charge in [-0.25, -0.2) is 9.37 Å². The Morgan fingerprint density at radius 1 is 1.38 bits per heavy atom. The number of nitrogens with zero attached hydrogens (tertiary/aromatic N) is 3. The molecule has 0 bridgehead atoms. The van der Waals surface area contributed by atoms with Crippen molar-refractivity contribution in [2.45, 2.75) is 12.8 Å². The van der Waals surface area contributed by atoms with Crippen LogP contribution in [0.1, 0.15) is 16.9 Å². The van der Waals surface area contributed by atoms with Crippen LogP contribution in [0.3, 0.4) is 0 Å². The molecule has 1 amide bonds. The van der Waals surface area contributed by atoms with Gasteiger partial charge in [-0.15, -0.1) is 0 Å². The number of morpholine rings is 1. The zero-order chi connectivity index (χ0) is 21.7. The Morgan fingerprint density at radius 3 is 3.00 bits per heavy atom. The van der Waals surface area contributed by atoms with Gasteiger partial charge in [0.1, 0.15) is 17.5 Å². The molecule has 0 aliphatic carbocycles. The molecule has 7 nitrogen and oxygen atoms in total. The Hall–Kier alpha value is -2.74. The number of anilines is 2. The molecule has 1 aromatic carbocycles. The van der Waals surface area contributed by atoms with Crippen molar-refractivity contribution in [3.8, 4) is 0 Å². The molecule has 1 N–H and O–H groups in total. The van der Waals surface area contributed by atoms with Crippen LogP contribution in [0.4, 0.5) is 15.9 Å². The van der Waals surface area contributed by atoms with Crippen LogP contribution in [-0.2, 0) is 22.4 Å². The lowest BCUT2D eigenvalue weighted by molar-refractivity contribution is -0.118. The van der Waals surface area contributed by atoms with Crippen molar-refractivity contribution in [3.63, 3.8) is 0 Å². The van der Waals surface area contributed by atoms with E-state index >= 15 is 0 Å². The first kappa shape index (κ1) is 12.6. The highest BCUT2D eigenvalue weighted by atomic mass is 19.1. The summed E-state index contributed by atoms with van der Waals surface area (Å²) in [6.07, 6.45) is 0.0707. The standard InChI is InChI=1S/C18H19FN4O3/c19-13-2-1-3-14-12(13)4-5-23(14)18(25)10-15-20-16(11-17(24)21-15)22-6-8-26-9-7-22/h1-3,11H,4-10H2,(H,20,21,24)/i6D2,7D2. The summed E-state index contributed by atoms with van der Waals surface area (Å²) in [4.78, 5) is 33.7. The Morgan fingerprint density at radius 2 is 2.19 bits per heavy atom. The van der Waals surface area contributed by atoms with Crippen molar-refractivity contribution < 1.29 is 19.4 Å². The van der Waals surface area contributed by atoms with Crippen molar-refractivity contribution in [2.24, 2.45) is 0 Å². The summed E-state index contributed by atoms with van der Waals surface area (Å²) in [5, 5.41) is 0. The number of ether oxygens (including phenoxy) is 1. The van der Waals surface area contributed by atoms with Gasteiger partial charge in [-0.3, -0.25) is 9.59 Å². The Kier molecular flexibility index (Phi) is 3.33. The van der Waals surface area contributed by atoms with Gasteiger partial charge in [0.05, 0.1) is 25.1 Å². The molecule has 1 fully saturated rings. The number of rotatable bonds is 3. The minimum atomic E-state index is -2.24. The first-order valence-electron chi connectivity index (χ1n) is 10.1. The Balaban J connectivity index is 1.63. The van der Waals surface area contributed by atoms with E-state index in [1.807, 2.05) is 0 Å². The summed E-state index contributed by atoms with van der Waals surface area (Å²) in [5.41, 5.74) is 0.281. The number of carbonyl (C=O) groups is 1. The van der Waals surface area contributed by atoms with E-state index < -0.39 is 37.7 Å². The molecule has 2 aromatic rings. The van der Waals surface area contributed by atoms with Crippen molar-refractivity contribution in [2.75, 3.05) is 42.6 Å². The molecule has 1 saturated heterocycles. The SMILES string of the molecule is [2H]C1([2H])COCC([2H])([2H])N1c1cc(=O)[nH]c(CC(=O)N2CCc3c(F)cccc32)n1. The Bertz CT molecular complexity index is 1050. The van der Waals surface area contributed by atoms with E-state index in [1.165, 1.54) is 17.0 Å². The van der Waals surface area contributed by atoms with Gasteiger partial charge in [-0.2, -0.15) is 0 Å². The minimum absolute atomic E-state index is 0.0366. The van der Waals surface area contributed by atoms with E-state index in [4.69, 9.17) is 10.2 Å². The maximum atomic E-state index is 13.9. The second-order valence-electron chi connectivity index (χ2n) is 5.90. The zero-order valence-electron chi connectivity index (χ0n) is 17.8. The lowest BCUT2D eigenvalue weighted by Crippen LogP contribution is -2.38. The van der Waals surface area contributed by atoms with Crippen LogP contribution in [-0.4, -0.2) is 48.6 Å². The average Bonchev–Trinajstić information content (AvgIpc) is 3.05. The molecular weight excluding hydrogens is 339 g/mol. The summed E-state index contributed by atoms with van der Waals surface area (Å²) >= 11 is 0. The highest BCUT2D eigenvalue weighted by Gasteiger charge is 2.27. The number of H-pyrrole nitrogens is 1. The third-order valence-corrected chi connectivity index (χ3v) is 4.25. The second-order valence-corrected chi connectivity index (χ2v) is 5.90. The molecule has 0 radical (unpaired) electrons. The summed E-state index contributed by atoms with van der Waals surface area (Å²) in [7, 11) is 0. The molecule has 2 aliphatic heterocycles. The highest BCUT2D eigenvalue weighted by molar-refractivity contribution is 5.96. The normalized spacial score (nSPS) is 22.8. The van der Waals surface area contributed by atoms with Crippen LogP contribution in [0.5, 0.6) is 0 Å². The Labute approximate surface area is 155 Å². The number of carbonyl (C=O) groups excluding carboxylic acids is 1. The van der Waals surface area contributed by atoms with E-state index in [1.54, 1.807) is 6.07 Å². The molecule has 1 aromatic heterocycles. The van der Waals surface area contributed by atoms with E-state index in [2.05, 4.69) is 9.97 Å². The first-order valence-corrected chi connectivity index (χ1v) is 8.15. The lowest BCUT2D eigenvalue weighted by atomic mass is 10.1. The third kappa shape index (κ3) is 3.20. The number of amides is 1. The number of aromatic amines is 1. The molecule has 136 valence electrons. The van der Waals surface area contributed by atoms with Crippen molar-refractivity contribution in [1.82, 2.24) is 9.97 Å². The fourth-order valence-corrected chi connectivity index (χ4v) is 3.07. The lowest BCUT2D eigenvalue weighted by Gasteiger charge is -2.27. The number of aromatic nitrogens is 2. The second kappa shape index (κ2) is 6.87. The number of hydrogen-bond acceptors (Lipinski definition) is 5. The van der Waals surface area contributed by atoms with E-state index in [0.29, 0.717) is 24.2 Å². The van der Waals surface area contributed by atoms with Crippen molar-refractivity contribution >= 4 is 17.4 Å². The molecule has 0 atom stereocenters. The predicted octanol–water partition coefficient (Wildman–Crippen LogP) is 0.877. The predicted molar refractivity (Wildman–Crippen MR) is 94.1 cm³/mol. The molecule has 3 heterocycles. The van der Waals surface area contributed by atoms with Crippen LogP contribution in [0.2, 0.25) is 0 Å². The largest absolute Gasteiger partial charge is 0.378 e. The van der Waals surface area contributed by atoms with E-state index in [-0.39, 0.29) is 23.9 Å². The van der Waals surface area contributed by atoms with Gasteiger partial charge in [0.25, 0.3) is 5.56 Å². The monoisotopic (exact) mass is 362 g/mol. The topological polar surface area (TPSA) is 78.5 Å². The fraction of sp³-hybridized carbons (Fsp3) is 0.389. The van der Waals surface area contributed by atoms with Crippen LogP contribution in [0, 0.1) is 5.82 Å². The number of hydrogen-bond donors (Lipinski definition) is 1. The molecule has 0 unspecified atom stereocenters. The third-order valence-electron chi connectivity index (χ3n) is 4.25. The first-order chi connectivity index (χ1) is 14.1. The van der Waals surface area contributed by atoms with Gasteiger partial charge >= 0.3 is 0 Å². The van der Waals surface area contributed by atoms with Gasteiger partial charge in [-0.1, -0.05) is 6.07 Å². The van der Waals surface area contributed by atoms with Gasteiger partial charge in [0, 0.05) is 36.9 Å². The quantitative estimate of drug-likeness (QED) is 0.877.